The number of benzene rings is 1. The number of aryl methyl sites for hydroxylation is 1. The van der Waals surface area contributed by atoms with E-state index in [-0.39, 0.29) is 0 Å². The molecule has 0 N–H and O–H groups in total. The lowest BCUT2D eigenvalue weighted by Gasteiger charge is -1.92. The van der Waals surface area contributed by atoms with Crippen LogP contribution >= 0.6 is 0 Å². The van der Waals surface area contributed by atoms with Crippen LogP contribution in [0.3, 0.4) is 0 Å². The van der Waals surface area contributed by atoms with E-state index >= 15 is 0 Å². The average Bonchev–Trinajstić information content (AvgIpc) is 1.94. The number of rotatable bonds is 1. The first-order valence-electron chi connectivity index (χ1n) is 2.90. The van der Waals surface area contributed by atoms with Crippen molar-refractivity contribution in [1.29, 1.82) is 0 Å². The van der Waals surface area contributed by atoms with Crippen molar-refractivity contribution in [3.8, 4) is 0 Å². The van der Waals surface area contributed by atoms with Crippen LogP contribution in [0.4, 0.5) is 5.69 Å². The predicted molar refractivity (Wildman–Crippen MR) is 37.8 cm³/mol. The molecular formula is C8H6NO. The molecule has 49 valence electrons. The van der Waals surface area contributed by atoms with E-state index in [1.165, 1.54) is 6.08 Å². The van der Waals surface area contributed by atoms with Crippen LogP contribution in [0.15, 0.2) is 23.2 Å². The Morgan fingerprint density at radius 1 is 1.70 bits per heavy atom. The maximum Gasteiger partial charge on any atom is 0.240 e. The van der Waals surface area contributed by atoms with Gasteiger partial charge in [0.25, 0.3) is 0 Å². The van der Waals surface area contributed by atoms with E-state index in [1.807, 2.05) is 19.1 Å². The van der Waals surface area contributed by atoms with Crippen molar-refractivity contribution in [1.82, 2.24) is 0 Å². The Kier molecular flexibility index (Phi) is 1.98. The Balaban J connectivity index is 3.14. The van der Waals surface area contributed by atoms with Gasteiger partial charge in [-0.2, -0.15) is 4.99 Å². The van der Waals surface area contributed by atoms with Crippen LogP contribution in [0, 0.1) is 13.0 Å². The molecule has 0 fully saturated rings. The molecule has 10 heavy (non-hydrogen) atoms. The fourth-order valence-corrected chi connectivity index (χ4v) is 0.678. The predicted octanol–water partition coefficient (Wildman–Crippen LogP) is 1.76. The SMILES string of the molecule is Cc1ccc[c]c1N=C=O. The molecule has 0 saturated carbocycles. The minimum absolute atomic E-state index is 0.567. The third-order valence-electron chi connectivity index (χ3n) is 1.19. The van der Waals surface area contributed by atoms with Gasteiger partial charge in [-0.3, -0.25) is 0 Å². The van der Waals surface area contributed by atoms with Gasteiger partial charge in [-0.25, -0.2) is 4.79 Å². The minimum atomic E-state index is 0.567. The van der Waals surface area contributed by atoms with Crippen molar-refractivity contribution in [2.75, 3.05) is 0 Å². The Bertz CT molecular complexity index is 274. The zero-order chi connectivity index (χ0) is 7.40. The van der Waals surface area contributed by atoms with Crippen molar-refractivity contribution in [3.05, 3.63) is 29.8 Å². The largest absolute Gasteiger partial charge is 0.240 e. The van der Waals surface area contributed by atoms with Crippen LogP contribution in [0.2, 0.25) is 0 Å². The van der Waals surface area contributed by atoms with E-state index in [4.69, 9.17) is 0 Å². The highest BCUT2D eigenvalue weighted by Crippen LogP contribution is 2.14. The average molecular weight is 132 g/mol. The fourth-order valence-electron chi connectivity index (χ4n) is 0.678. The summed E-state index contributed by atoms with van der Waals surface area (Å²) in [7, 11) is 0. The van der Waals surface area contributed by atoms with Crippen molar-refractivity contribution in [3.63, 3.8) is 0 Å². The Morgan fingerprint density at radius 3 is 3.10 bits per heavy atom. The smallest absolute Gasteiger partial charge is 0.211 e. The molecule has 0 aliphatic heterocycles. The molecule has 1 aromatic rings. The van der Waals surface area contributed by atoms with Gasteiger partial charge in [0.2, 0.25) is 6.08 Å². The van der Waals surface area contributed by atoms with Crippen LogP contribution in [0.5, 0.6) is 0 Å². The van der Waals surface area contributed by atoms with Crippen LogP contribution in [-0.4, -0.2) is 6.08 Å². The summed E-state index contributed by atoms with van der Waals surface area (Å²) in [6.45, 7) is 1.87. The number of nitrogens with zero attached hydrogens (tertiary/aromatic N) is 1. The molecule has 0 amide bonds. The second-order valence-electron chi connectivity index (χ2n) is 1.90. The standard InChI is InChI=1S/C8H6NO/c1-7-4-2-3-5-8(7)9-6-10/h2-4H,1H3. The highest BCUT2D eigenvalue weighted by Gasteiger charge is 1.91. The van der Waals surface area contributed by atoms with Gasteiger partial charge >= 0.3 is 0 Å². The van der Waals surface area contributed by atoms with E-state index in [0.29, 0.717) is 5.69 Å². The molecule has 0 spiro atoms. The number of hydrogen-bond donors (Lipinski definition) is 0. The molecule has 0 aliphatic carbocycles. The summed E-state index contributed by atoms with van der Waals surface area (Å²) in [6, 6.07) is 8.23. The van der Waals surface area contributed by atoms with Crippen molar-refractivity contribution in [2.45, 2.75) is 6.92 Å². The second-order valence-corrected chi connectivity index (χ2v) is 1.90. The van der Waals surface area contributed by atoms with Gasteiger partial charge < -0.3 is 0 Å². The first-order chi connectivity index (χ1) is 4.84. The molecule has 0 saturated heterocycles. The lowest BCUT2D eigenvalue weighted by molar-refractivity contribution is 0.565. The molecule has 2 nitrogen and oxygen atoms in total. The van der Waals surface area contributed by atoms with Crippen molar-refractivity contribution in [2.24, 2.45) is 4.99 Å². The molecule has 0 bridgehead atoms. The lowest BCUT2D eigenvalue weighted by atomic mass is 10.2. The Labute approximate surface area is 59.2 Å². The fraction of sp³-hybridized carbons (Fsp3) is 0.125. The highest BCUT2D eigenvalue weighted by atomic mass is 16.1. The van der Waals surface area contributed by atoms with Gasteiger partial charge in [0.05, 0.1) is 5.69 Å². The van der Waals surface area contributed by atoms with Crippen LogP contribution in [0.25, 0.3) is 0 Å². The summed E-state index contributed by atoms with van der Waals surface area (Å²) < 4.78 is 0. The maximum absolute atomic E-state index is 9.81. The van der Waals surface area contributed by atoms with E-state index in [1.54, 1.807) is 6.07 Å². The molecule has 0 atom stereocenters. The topological polar surface area (TPSA) is 29.4 Å². The molecule has 1 radical (unpaired) electrons. The zero-order valence-corrected chi connectivity index (χ0v) is 5.59. The Morgan fingerprint density at radius 2 is 2.50 bits per heavy atom. The van der Waals surface area contributed by atoms with Gasteiger partial charge in [0, 0.05) is 6.07 Å². The summed E-state index contributed by atoms with van der Waals surface area (Å²) in [5, 5.41) is 0. The summed E-state index contributed by atoms with van der Waals surface area (Å²) in [5.74, 6) is 0. The van der Waals surface area contributed by atoms with Gasteiger partial charge in [0.15, 0.2) is 0 Å². The monoisotopic (exact) mass is 132 g/mol. The van der Waals surface area contributed by atoms with Gasteiger partial charge in [0.1, 0.15) is 0 Å². The molecule has 1 aromatic carbocycles. The minimum Gasteiger partial charge on any atom is -0.211 e. The molecule has 2 heteroatoms. The number of hydrogen-bond acceptors (Lipinski definition) is 2. The van der Waals surface area contributed by atoms with E-state index in [2.05, 4.69) is 11.1 Å². The molecule has 0 unspecified atom stereocenters. The molecule has 0 aliphatic rings. The van der Waals surface area contributed by atoms with Crippen LogP contribution < -0.4 is 0 Å². The molecule has 1 rings (SSSR count). The lowest BCUT2D eigenvalue weighted by Crippen LogP contribution is -1.71. The Hall–Kier alpha value is -1.40. The van der Waals surface area contributed by atoms with Gasteiger partial charge in [-0.05, 0) is 12.5 Å². The zero-order valence-electron chi connectivity index (χ0n) is 5.59. The van der Waals surface area contributed by atoms with E-state index in [0.717, 1.165) is 5.56 Å². The molecule has 0 heterocycles. The van der Waals surface area contributed by atoms with Crippen LogP contribution in [-0.2, 0) is 4.79 Å². The van der Waals surface area contributed by atoms with E-state index < -0.39 is 0 Å². The van der Waals surface area contributed by atoms with Crippen molar-refractivity contribution < 1.29 is 4.79 Å². The third kappa shape index (κ3) is 1.30. The first-order valence-corrected chi connectivity index (χ1v) is 2.90. The van der Waals surface area contributed by atoms with Crippen LogP contribution in [0.1, 0.15) is 5.56 Å². The number of isocyanates is 1. The number of carbonyl (C=O) groups excluding carboxylic acids is 1. The van der Waals surface area contributed by atoms with E-state index in [9.17, 15) is 4.79 Å². The maximum atomic E-state index is 9.81. The summed E-state index contributed by atoms with van der Waals surface area (Å²) >= 11 is 0. The van der Waals surface area contributed by atoms with Gasteiger partial charge in [-0.15, -0.1) is 0 Å². The summed E-state index contributed by atoms with van der Waals surface area (Å²) in [6.07, 6.45) is 1.47. The highest BCUT2D eigenvalue weighted by molar-refractivity contribution is 5.51. The quantitative estimate of drug-likeness (QED) is 0.423. The second kappa shape index (κ2) is 2.95. The summed E-state index contributed by atoms with van der Waals surface area (Å²) in [5.41, 5.74) is 1.50. The first kappa shape index (κ1) is 6.72. The normalized spacial score (nSPS) is 8.50. The van der Waals surface area contributed by atoms with Gasteiger partial charge in [-0.1, -0.05) is 18.2 Å². The number of aliphatic imine (C=N–C) groups is 1. The molecule has 0 aromatic heterocycles. The third-order valence-corrected chi connectivity index (χ3v) is 1.19. The molecular weight excluding hydrogens is 126 g/mol. The number of para-hydroxylation sites is 1. The van der Waals surface area contributed by atoms with Crippen molar-refractivity contribution >= 4 is 11.8 Å². The summed E-state index contributed by atoms with van der Waals surface area (Å²) in [4.78, 5) is 13.3.